The number of fused-ring (bicyclic) bond motifs is 2. The highest BCUT2D eigenvalue weighted by atomic mass is 127. The molecule has 0 radical (unpaired) electrons. The van der Waals surface area contributed by atoms with Crippen molar-refractivity contribution in [2.45, 2.75) is 63.8 Å². The van der Waals surface area contributed by atoms with E-state index in [4.69, 9.17) is 14.0 Å². The Labute approximate surface area is 254 Å². The number of nitrogens with zero attached hydrogens (tertiary/aromatic N) is 6. The van der Waals surface area contributed by atoms with Crippen LogP contribution in [0.2, 0.25) is 18.1 Å². The molecule has 11 nitrogen and oxygen atoms in total. The molecule has 1 fully saturated rings. The van der Waals surface area contributed by atoms with Gasteiger partial charge in [-0.05, 0) is 52.9 Å². The van der Waals surface area contributed by atoms with Gasteiger partial charge in [-0.2, -0.15) is 0 Å². The van der Waals surface area contributed by atoms with E-state index in [1.807, 2.05) is 29.8 Å². The minimum Gasteiger partial charge on any atom is -0.414 e. The first-order valence-electron chi connectivity index (χ1n) is 13.4. The maximum Gasteiger partial charge on any atom is 0.285 e. The molecule has 41 heavy (non-hydrogen) atoms. The van der Waals surface area contributed by atoms with Crippen LogP contribution in [0.1, 0.15) is 54.1 Å². The van der Waals surface area contributed by atoms with Gasteiger partial charge in [0, 0.05) is 30.3 Å². The fourth-order valence-electron chi connectivity index (χ4n) is 4.55. The number of hydrogen-bond acceptors (Lipinski definition) is 8. The van der Waals surface area contributed by atoms with E-state index in [-0.39, 0.29) is 11.6 Å². The maximum absolute atomic E-state index is 13.1. The lowest BCUT2D eigenvalue weighted by Crippen LogP contribution is -2.45. The van der Waals surface area contributed by atoms with Crippen molar-refractivity contribution in [1.29, 1.82) is 0 Å². The Hall–Kier alpha value is -2.72. The second-order valence-electron chi connectivity index (χ2n) is 12.0. The highest BCUT2D eigenvalue weighted by Crippen LogP contribution is 2.40. The number of imide groups is 1. The molecule has 2 aliphatic rings. The lowest BCUT2D eigenvalue weighted by molar-refractivity contribution is -0.154. The first-order valence-corrected chi connectivity index (χ1v) is 17.4. The molecule has 3 aromatic rings. The minimum atomic E-state index is -2.12. The van der Waals surface area contributed by atoms with Crippen LogP contribution in [0.25, 0.3) is 11.0 Å². The minimum absolute atomic E-state index is 0.00295. The number of carbonyl (C=O) groups is 2. The van der Waals surface area contributed by atoms with Crippen molar-refractivity contribution in [3.63, 3.8) is 0 Å². The van der Waals surface area contributed by atoms with Crippen LogP contribution in [0.5, 0.6) is 0 Å². The number of amides is 2. The molecule has 0 aliphatic carbocycles. The van der Waals surface area contributed by atoms with E-state index in [2.05, 4.69) is 71.4 Å². The summed E-state index contributed by atoms with van der Waals surface area (Å²) in [6.45, 7) is 11.1. The Balaban J connectivity index is 1.45. The summed E-state index contributed by atoms with van der Waals surface area (Å²) in [6.07, 6.45) is 3.89. The van der Waals surface area contributed by atoms with E-state index in [1.165, 1.54) is 6.33 Å². The maximum atomic E-state index is 13.1. The summed E-state index contributed by atoms with van der Waals surface area (Å²) in [6, 6.07) is 6.73. The van der Waals surface area contributed by atoms with Gasteiger partial charge >= 0.3 is 0 Å². The zero-order valence-electron chi connectivity index (χ0n) is 24.3. The normalized spacial score (nSPS) is 21.5. The summed E-state index contributed by atoms with van der Waals surface area (Å²) >= 11 is 2.25. The van der Waals surface area contributed by atoms with E-state index in [1.54, 1.807) is 30.6 Å². The summed E-state index contributed by atoms with van der Waals surface area (Å²) in [4.78, 5) is 47.7. The second kappa shape index (κ2) is 11.2. The van der Waals surface area contributed by atoms with Gasteiger partial charge in [0.2, 0.25) is 0 Å². The van der Waals surface area contributed by atoms with Crippen molar-refractivity contribution in [1.82, 2.24) is 24.5 Å². The Bertz CT molecular complexity index is 1480. The number of ether oxygens (including phenoxy) is 1. The van der Waals surface area contributed by atoms with Crippen LogP contribution in [-0.4, -0.2) is 83.9 Å². The largest absolute Gasteiger partial charge is 0.414 e. The molecule has 4 heterocycles. The topological polar surface area (TPSA) is 111 Å². The number of hydrogen-bond donors (Lipinski definition) is 0. The number of aliphatic imine (C=N–C) groups is 1. The first kappa shape index (κ1) is 29.8. The smallest absolute Gasteiger partial charge is 0.285 e. The molecule has 3 atom stereocenters. The predicted molar refractivity (Wildman–Crippen MR) is 166 cm³/mol. The van der Waals surface area contributed by atoms with Crippen LogP contribution in [0.15, 0.2) is 41.8 Å². The molecule has 13 heteroatoms. The number of rotatable bonds is 8. The quantitative estimate of drug-likeness (QED) is 0.105. The van der Waals surface area contributed by atoms with Crippen molar-refractivity contribution in [2.75, 3.05) is 20.7 Å². The second-order valence-corrected chi connectivity index (χ2v) is 18.0. The SMILES string of the molecule is CN(C)C=Nc1ncnc2c1c(I)cn2[C@H]1CC(ON2C(=O)c3ccccc3C2=O)[C@@H](CO[Si](C)(C)C(C)(C)C)O1. The van der Waals surface area contributed by atoms with Gasteiger partial charge in [-0.25, -0.2) is 15.0 Å². The standard InChI is InChI=1S/C28H35IN6O5Si/c1-28(2,3)41(6,7)38-14-21-20(40-35-26(36)17-10-8-9-11-18(17)27(35)37)12-22(39-21)34-13-19(29)23-24(32-16-33(4)5)30-15-31-25(23)34/h8-11,13,15-16,20-22H,12,14H2,1-7H3/t20?,21-,22-/m1/s1. The molecule has 2 aliphatic heterocycles. The fraction of sp³-hybridized carbons (Fsp3) is 0.464. The predicted octanol–water partition coefficient (Wildman–Crippen LogP) is 5.16. The average molecular weight is 691 g/mol. The Morgan fingerprint density at radius 2 is 1.83 bits per heavy atom. The van der Waals surface area contributed by atoms with Crippen molar-refractivity contribution in [3.8, 4) is 0 Å². The number of benzene rings is 1. The number of halogens is 1. The lowest BCUT2D eigenvalue weighted by Gasteiger charge is -2.37. The van der Waals surface area contributed by atoms with E-state index in [0.717, 1.165) is 14.0 Å². The van der Waals surface area contributed by atoms with Gasteiger partial charge in [0.15, 0.2) is 14.1 Å². The molecular formula is C28H35IN6O5Si. The third kappa shape index (κ3) is 5.69. The van der Waals surface area contributed by atoms with Crippen LogP contribution in [-0.2, 0) is 14.0 Å². The van der Waals surface area contributed by atoms with Crippen LogP contribution in [0.4, 0.5) is 5.82 Å². The van der Waals surface area contributed by atoms with E-state index in [0.29, 0.717) is 29.0 Å². The third-order valence-corrected chi connectivity index (χ3v) is 13.2. The van der Waals surface area contributed by atoms with Gasteiger partial charge in [-0.3, -0.25) is 14.4 Å². The molecular weight excluding hydrogens is 655 g/mol. The van der Waals surface area contributed by atoms with E-state index < -0.39 is 38.6 Å². The van der Waals surface area contributed by atoms with Crippen LogP contribution >= 0.6 is 22.6 Å². The van der Waals surface area contributed by atoms with Crippen molar-refractivity contribution < 1.29 is 23.6 Å². The number of aromatic nitrogens is 3. The summed E-state index contributed by atoms with van der Waals surface area (Å²) in [7, 11) is 1.66. The summed E-state index contributed by atoms with van der Waals surface area (Å²) < 4.78 is 16.0. The molecule has 1 unspecified atom stereocenters. The van der Waals surface area contributed by atoms with E-state index in [9.17, 15) is 9.59 Å². The lowest BCUT2D eigenvalue weighted by atomic mass is 10.1. The first-order chi connectivity index (χ1) is 19.3. The zero-order valence-corrected chi connectivity index (χ0v) is 27.4. The third-order valence-electron chi connectivity index (χ3n) is 7.86. The Morgan fingerprint density at radius 3 is 2.44 bits per heavy atom. The molecule has 1 saturated heterocycles. The number of carbonyl (C=O) groups excluding carboxylic acids is 2. The molecule has 2 amide bonds. The molecule has 218 valence electrons. The summed E-state index contributed by atoms with van der Waals surface area (Å²) in [5.41, 5.74) is 1.33. The van der Waals surface area contributed by atoms with Gasteiger partial charge in [-0.15, -0.1) is 5.06 Å². The molecule has 0 N–H and O–H groups in total. The van der Waals surface area contributed by atoms with Crippen molar-refractivity contribution >= 4 is 65.9 Å². The van der Waals surface area contributed by atoms with Gasteiger partial charge in [0.05, 0.1) is 29.5 Å². The van der Waals surface area contributed by atoms with Gasteiger partial charge in [0.25, 0.3) is 11.8 Å². The highest BCUT2D eigenvalue weighted by molar-refractivity contribution is 14.1. The van der Waals surface area contributed by atoms with Crippen molar-refractivity contribution in [2.24, 2.45) is 4.99 Å². The monoisotopic (exact) mass is 690 g/mol. The molecule has 0 bridgehead atoms. The highest BCUT2D eigenvalue weighted by Gasteiger charge is 2.46. The molecule has 0 spiro atoms. The van der Waals surface area contributed by atoms with Gasteiger partial charge in [0.1, 0.15) is 30.4 Å². The van der Waals surface area contributed by atoms with Crippen LogP contribution in [0, 0.1) is 3.57 Å². The zero-order chi connectivity index (χ0) is 29.7. The Kier molecular flexibility index (Phi) is 8.11. The van der Waals surface area contributed by atoms with Crippen LogP contribution < -0.4 is 0 Å². The molecule has 2 aromatic heterocycles. The summed E-state index contributed by atoms with van der Waals surface area (Å²) in [5.74, 6) is -0.396. The molecule has 5 rings (SSSR count). The van der Waals surface area contributed by atoms with Crippen LogP contribution in [0.3, 0.4) is 0 Å². The van der Waals surface area contributed by atoms with Crippen molar-refractivity contribution in [3.05, 3.63) is 51.5 Å². The van der Waals surface area contributed by atoms with Gasteiger partial charge in [-0.1, -0.05) is 32.9 Å². The average Bonchev–Trinajstić information content (AvgIpc) is 3.55. The van der Waals surface area contributed by atoms with Gasteiger partial charge < -0.3 is 18.6 Å². The van der Waals surface area contributed by atoms with E-state index >= 15 is 0 Å². The number of hydroxylamine groups is 2. The Morgan fingerprint density at radius 1 is 1.17 bits per heavy atom. The molecule has 0 saturated carbocycles. The molecule has 1 aromatic carbocycles. The fourth-order valence-corrected chi connectivity index (χ4v) is 6.35. The summed E-state index contributed by atoms with van der Waals surface area (Å²) in [5, 5.41) is 1.68.